The molecule has 4 rings (SSSR count). The molecule has 1 aromatic carbocycles. The number of imidazole rings is 1. The second-order valence-corrected chi connectivity index (χ2v) is 8.96. The van der Waals surface area contributed by atoms with Crippen LogP contribution < -0.4 is 10.2 Å². The molecule has 1 aliphatic rings. The second kappa shape index (κ2) is 8.78. The van der Waals surface area contributed by atoms with Gasteiger partial charge in [-0.3, -0.25) is 4.90 Å². The van der Waals surface area contributed by atoms with E-state index in [9.17, 15) is 4.79 Å². The third-order valence-corrected chi connectivity index (χ3v) is 6.25. The van der Waals surface area contributed by atoms with Gasteiger partial charge in [-0.05, 0) is 50.1 Å². The van der Waals surface area contributed by atoms with Gasteiger partial charge in [-0.15, -0.1) is 0 Å². The van der Waals surface area contributed by atoms with Gasteiger partial charge in [0, 0.05) is 30.2 Å². The SMILES string of the molecule is CC(C)[C@H]1[C@H](C)N(C)C(=O)N1c1ccnc(N[C@@H](C)c2cn(-c3ccc(Cl)cc3)cn2)n1. The number of carbonyl (C=O) groups is 1. The highest BCUT2D eigenvalue weighted by Crippen LogP contribution is 2.31. The molecule has 8 nitrogen and oxygen atoms in total. The highest BCUT2D eigenvalue weighted by molar-refractivity contribution is 6.30. The van der Waals surface area contributed by atoms with Gasteiger partial charge in [0.15, 0.2) is 0 Å². The summed E-state index contributed by atoms with van der Waals surface area (Å²) in [4.78, 5) is 30.0. The first-order valence-electron chi connectivity index (χ1n) is 10.7. The van der Waals surface area contributed by atoms with Crippen molar-refractivity contribution in [2.24, 2.45) is 5.92 Å². The first-order chi connectivity index (χ1) is 15.3. The van der Waals surface area contributed by atoms with Gasteiger partial charge in [-0.1, -0.05) is 25.4 Å². The molecule has 3 atom stereocenters. The van der Waals surface area contributed by atoms with Gasteiger partial charge in [-0.25, -0.2) is 14.8 Å². The van der Waals surface area contributed by atoms with Crippen LogP contribution in [0.2, 0.25) is 5.02 Å². The Morgan fingerprint density at radius 3 is 2.50 bits per heavy atom. The van der Waals surface area contributed by atoms with Crippen molar-refractivity contribution < 1.29 is 4.79 Å². The second-order valence-electron chi connectivity index (χ2n) is 8.53. The minimum Gasteiger partial charge on any atom is -0.346 e. The molecule has 0 bridgehead atoms. The Morgan fingerprint density at radius 2 is 1.81 bits per heavy atom. The molecular weight excluding hydrogens is 426 g/mol. The van der Waals surface area contributed by atoms with Crippen molar-refractivity contribution >= 4 is 29.4 Å². The van der Waals surface area contributed by atoms with Crippen molar-refractivity contribution in [1.82, 2.24) is 24.4 Å². The predicted octanol–water partition coefficient (Wildman–Crippen LogP) is 4.77. The fraction of sp³-hybridized carbons (Fsp3) is 0.391. The minimum absolute atomic E-state index is 0.0442. The van der Waals surface area contributed by atoms with Crippen molar-refractivity contribution in [3.05, 3.63) is 59.8 Å². The van der Waals surface area contributed by atoms with Crippen LogP contribution in [-0.2, 0) is 0 Å². The molecule has 0 spiro atoms. The quantitative estimate of drug-likeness (QED) is 0.581. The molecule has 1 saturated heterocycles. The number of nitrogens with one attached hydrogen (secondary N) is 1. The molecule has 9 heteroatoms. The van der Waals surface area contributed by atoms with Crippen LogP contribution in [0.3, 0.4) is 0 Å². The van der Waals surface area contributed by atoms with Crippen LogP contribution in [0.4, 0.5) is 16.6 Å². The number of carbonyl (C=O) groups excluding carboxylic acids is 1. The van der Waals surface area contributed by atoms with Gasteiger partial charge in [0.05, 0.1) is 30.1 Å². The van der Waals surface area contributed by atoms with Crippen LogP contribution in [0.15, 0.2) is 49.1 Å². The Morgan fingerprint density at radius 1 is 1.09 bits per heavy atom. The average Bonchev–Trinajstić information content (AvgIpc) is 3.34. The summed E-state index contributed by atoms with van der Waals surface area (Å²) < 4.78 is 1.94. The molecule has 0 unspecified atom stereocenters. The number of halogens is 1. The number of urea groups is 1. The zero-order valence-corrected chi connectivity index (χ0v) is 19.7. The van der Waals surface area contributed by atoms with Gasteiger partial charge in [0.2, 0.25) is 5.95 Å². The van der Waals surface area contributed by atoms with E-state index in [0.29, 0.717) is 22.7 Å². The lowest BCUT2D eigenvalue weighted by molar-refractivity contribution is 0.219. The largest absolute Gasteiger partial charge is 0.346 e. The first kappa shape index (κ1) is 22.1. The first-order valence-corrected chi connectivity index (χ1v) is 11.1. The standard InChI is InChI=1S/C23H28ClN7O/c1-14(2)21-16(4)29(5)23(32)31(21)20-10-11-25-22(28-20)27-15(3)19-12-30(13-26-19)18-8-6-17(24)7-9-18/h6-16,21H,1-5H3,(H,25,27,28)/t15-,16-,21-/m0/s1. The number of rotatable bonds is 6. The van der Waals surface area contributed by atoms with Gasteiger partial charge in [-0.2, -0.15) is 4.98 Å². The molecule has 0 aliphatic carbocycles. The molecule has 1 aliphatic heterocycles. The Bertz CT molecular complexity index is 1100. The van der Waals surface area contributed by atoms with Gasteiger partial charge >= 0.3 is 6.03 Å². The number of hydrogen-bond donors (Lipinski definition) is 1. The van der Waals surface area contributed by atoms with E-state index in [1.807, 2.05) is 49.0 Å². The Balaban J connectivity index is 1.53. The monoisotopic (exact) mass is 453 g/mol. The minimum atomic E-state index is -0.129. The average molecular weight is 454 g/mol. The maximum absolute atomic E-state index is 12.9. The summed E-state index contributed by atoms with van der Waals surface area (Å²) in [5.74, 6) is 1.34. The molecule has 0 saturated carbocycles. The van der Waals surface area contributed by atoms with E-state index in [4.69, 9.17) is 11.6 Å². The van der Waals surface area contributed by atoms with Crippen molar-refractivity contribution in [2.75, 3.05) is 17.3 Å². The number of aromatic nitrogens is 4. The number of hydrogen-bond acceptors (Lipinski definition) is 5. The van der Waals surface area contributed by atoms with Crippen molar-refractivity contribution in [2.45, 2.75) is 45.8 Å². The van der Waals surface area contributed by atoms with E-state index in [-0.39, 0.29) is 24.2 Å². The van der Waals surface area contributed by atoms with Crippen molar-refractivity contribution in [1.29, 1.82) is 0 Å². The summed E-state index contributed by atoms with van der Waals surface area (Å²) in [7, 11) is 1.84. The molecule has 1 fully saturated rings. The van der Waals surface area contributed by atoms with E-state index in [1.165, 1.54) is 0 Å². The number of amides is 2. The molecule has 3 heterocycles. The van der Waals surface area contributed by atoms with Gasteiger partial charge < -0.3 is 14.8 Å². The number of anilines is 2. The van der Waals surface area contributed by atoms with Crippen molar-refractivity contribution in [3.63, 3.8) is 0 Å². The maximum atomic E-state index is 12.9. The molecule has 2 aromatic heterocycles. The molecule has 32 heavy (non-hydrogen) atoms. The molecule has 0 radical (unpaired) electrons. The predicted molar refractivity (Wildman–Crippen MR) is 126 cm³/mol. The number of likely N-dealkylation sites (N-methyl/N-ethyl adjacent to an activating group) is 1. The highest BCUT2D eigenvalue weighted by Gasteiger charge is 2.44. The van der Waals surface area contributed by atoms with Crippen LogP contribution in [0.25, 0.3) is 5.69 Å². The van der Waals surface area contributed by atoms with Crippen LogP contribution in [0.5, 0.6) is 0 Å². The lowest BCUT2D eigenvalue weighted by Gasteiger charge is -2.28. The lowest BCUT2D eigenvalue weighted by atomic mass is 9.97. The van der Waals surface area contributed by atoms with Crippen LogP contribution in [-0.4, -0.2) is 49.6 Å². The van der Waals surface area contributed by atoms with Crippen LogP contribution >= 0.6 is 11.6 Å². The Hall–Kier alpha value is -3.13. The topological polar surface area (TPSA) is 79.2 Å². The molecule has 2 amide bonds. The van der Waals surface area contributed by atoms with E-state index >= 15 is 0 Å². The Labute approximate surface area is 193 Å². The zero-order valence-electron chi connectivity index (χ0n) is 18.9. The maximum Gasteiger partial charge on any atom is 0.326 e. The van der Waals surface area contributed by atoms with Gasteiger partial charge in [0.1, 0.15) is 5.82 Å². The van der Waals surface area contributed by atoms with Crippen LogP contribution in [0, 0.1) is 5.92 Å². The van der Waals surface area contributed by atoms with E-state index in [2.05, 4.69) is 41.0 Å². The molecular formula is C23H28ClN7O. The van der Waals surface area contributed by atoms with E-state index in [0.717, 1.165) is 11.4 Å². The molecule has 168 valence electrons. The van der Waals surface area contributed by atoms with Crippen LogP contribution in [0.1, 0.15) is 39.4 Å². The number of benzene rings is 1. The zero-order chi connectivity index (χ0) is 23.0. The fourth-order valence-electron chi connectivity index (χ4n) is 4.16. The summed E-state index contributed by atoms with van der Waals surface area (Å²) in [6.07, 6.45) is 5.40. The normalized spacial score (nSPS) is 19.7. The third kappa shape index (κ3) is 4.14. The molecule has 3 aromatic rings. The fourth-order valence-corrected chi connectivity index (χ4v) is 4.28. The summed E-state index contributed by atoms with van der Waals surface area (Å²) in [5, 5.41) is 4.00. The van der Waals surface area contributed by atoms with E-state index in [1.54, 1.807) is 28.4 Å². The Kier molecular flexibility index (Phi) is 6.06. The third-order valence-electron chi connectivity index (χ3n) is 6.00. The molecule has 1 N–H and O–H groups in total. The van der Waals surface area contributed by atoms with Gasteiger partial charge in [0.25, 0.3) is 0 Å². The summed E-state index contributed by atoms with van der Waals surface area (Å²) in [6, 6.07) is 9.33. The summed E-state index contributed by atoms with van der Waals surface area (Å²) in [5.41, 5.74) is 1.82. The lowest BCUT2D eigenvalue weighted by Crippen LogP contribution is -2.40. The summed E-state index contributed by atoms with van der Waals surface area (Å²) in [6.45, 7) is 8.32. The highest BCUT2D eigenvalue weighted by atomic mass is 35.5. The van der Waals surface area contributed by atoms with Crippen molar-refractivity contribution in [3.8, 4) is 5.69 Å². The smallest absolute Gasteiger partial charge is 0.326 e. The van der Waals surface area contributed by atoms with E-state index < -0.39 is 0 Å². The summed E-state index contributed by atoms with van der Waals surface area (Å²) >= 11 is 5.98. The number of nitrogens with zero attached hydrogens (tertiary/aromatic N) is 6.